The molecule has 0 saturated carbocycles. The summed E-state index contributed by atoms with van der Waals surface area (Å²) in [7, 11) is 0. The van der Waals surface area contributed by atoms with Gasteiger partial charge in [0, 0.05) is 15.9 Å². The van der Waals surface area contributed by atoms with Crippen molar-refractivity contribution in [3.8, 4) is 0 Å². The Morgan fingerprint density at radius 2 is 2.06 bits per heavy atom. The molecule has 0 unspecified atom stereocenters. The summed E-state index contributed by atoms with van der Waals surface area (Å²) < 4.78 is 0.672. The van der Waals surface area contributed by atoms with Gasteiger partial charge >= 0.3 is 0 Å². The molecular weight excluding hydrogens is 310 g/mol. The van der Waals surface area contributed by atoms with Gasteiger partial charge in [-0.3, -0.25) is 4.79 Å². The lowest BCUT2D eigenvalue weighted by Gasteiger charge is -2.38. The third kappa shape index (κ3) is 2.59. The van der Waals surface area contributed by atoms with Crippen molar-refractivity contribution < 1.29 is 4.79 Å². The van der Waals surface area contributed by atoms with Gasteiger partial charge in [-0.25, -0.2) is 0 Å². The SMILES string of the molecule is CC(C)CN1C(=O)C(C)(C)Sc2cc(Br)ccc21. The predicted octanol–water partition coefficient (Wildman–Crippen LogP) is 4.32. The van der Waals surface area contributed by atoms with Crippen molar-refractivity contribution in [2.75, 3.05) is 11.4 Å². The summed E-state index contributed by atoms with van der Waals surface area (Å²) in [5.74, 6) is 0.667. The monoisotopic (exact) mass is 327 g/mol. The number of thioether (sulfide) groups is 1. The van der Waals surface area contributed by atoms with Crippen molar-refractivity contribution in [2.45, 2.75) is 37.3 Å². The molecule has 1 aromatic rings. The van der Waals surface area contributed by atoms with E-state index in [4.69, 9.17) is 0 Å². The fourth-order valence-corrected chi connectivity index (χ4v) is 3.82. The van der Waals surface area contributed by atoms with Crippen LogP contribution in [0.1, 0.15) is 27.7 Å². The number of nitrogens with zero attached hydrogens (tertiary/aromatic N) is 1. The minimum Gasteiger partial charge on any atom is -0.310 e. The molecule has 0 fully saturated rings. The third-order valence-corrected chi connectivity index (χ3v) is 4.61. The van der Waals surface area contributed by atoms with E-state index in [0.29, 0.717) is 5.92 Å². The molecule has 4 heteroatoms. The molecule has 0 spiro atoms. The summed E-state index contributed by atoms with van der Waals surface area (Å²) in [6.45, 7) is 9.05. The quantitative estimate of drug-likeness (QED) is 0.806. The van der Waals surface area contributed by atoms with Crippen molar-refractivity contribution in [3.05, 3.63) is 22.7 Å². The van der Waals surface area contributed by atoms with Gasteiger partial charge in [0.15, 0.2) is 0 Å². The second-order valence-electron chi connectivity index (χ2n) is 5.53. The third-order valence-electron chi connectivity index (χ3n) is 2.89. The molecule has 0 bridgehead atoms. The van der Waals surface area contributed by atoms with Gasteiger partial charge < -0.3 is 4.90 Å². The van der Waals surface area contributed by atoms with Crippen LogP contribution >= 0.6 is 27.7 Å². The van der Waals surface area contributed by atoms with E-state index in [2.05, 4.69) is 35.8 Å². The number of hydrogen-bond acceptors (Lipinski definition) is 2. The first-order valence-corrected chi connectivity index (χ1v) is 7.73. The molecule has 0 N–H and O–H groups in total. The van der Waals surface area contributed by atoms with Crippen molar-refractivity contribution in [2.24, 2.45) is 5.92 Å². The van der Waals surface area contributed by atoms with E-state index >= 15 is 0 Å². The highest BCUT2D eigenvalue weighted by atomic mass is 79.9. The Labute approximate surface area is 121 Å². The van der Waals surface area contributed by atoms with Crippen LogP contribution in [0, 0.1) is 5.92 Å². The Morgan fingerprint density at radius 1 is 1.39 bits per heavy atom. The molecule has 0 radical (unpaired) electrons. The maximum atomic E-state index is 12.5. The lowest BCUT2D eigenvalue weighted by atomic mass is 10.1. The normalized spacial score (nSPS) is 18.1. The van der Waals surface area contributed by atoms with E-state index < -0.39 is 0 Å². The Morgan fingerprint density at radius 3 is 2.67 bits per heavy atom. The summed E-state index contributed by atoms with van der Waals surface area (Å²) in [5.41, 5.74) is 1.04. The van der Waals surface area contributed by atoms with Gasteiger partial charge in [-0.15, -0.1) is 11.8 Å². The van der Waals surface area contributed by atoms with E-state index in [1.807, 2.05) is 30.9 Å². The average Bonchev–Trinajstić information content (AvgIpc) is 2.23. The number of rotatable bonds is 2. The van der Waals surface area contributed by atoms with E-state index in [1.165, 1.54) is 4.90 Å². The van der Waals surface area contributed by atoms with Crippen molar-refractivity contribution in [3.63, 3.8) is 0 Å². The minimum absolute atomic E-state index is 0.205. The number of fused-ring (bicyclic) bond motifs is 1. The van der Waals surface area contributed by atoms with Crippen LogP contribution in [0.15, 0.2) is 27.6 Å². The maximum Gasteiger partial charge on any atom is 0.243 e. The fraction of sp³-hybridized carbons (Fsp3) is 0.500. The molecule has 1 heterocycles. The molecular formula is C14H18BrNOS. The molecule has 98 valence electrons. The number of carbonyl (C=O) groups is 1. The van der Waals surface area contributed by atoms with Gasteiger partial charge in [-0.2, -0.15) is 0 Å². The van der Waals surface area contributed by atoms with Crippen LogP contribution in [-0.4, -0.2) is 17.2 Å². The Kier molecular flexibility index (Phi) is 3.79. The molecule has 0 aromatic heterocycles. The van der Waals surface area contributed by atoms with Gasteiger partial charge in [0.05, 0.1) is 10.4 Å². The van der Waals surface area contributed by atoms with Gasteiger partial charge in [0.25, 0.3) is 0 Å². The molecule has 18 heavy (non-hydrogen) atoms. The van der Waals surface area contributed by atoms with Crippen LogP contribution in [0.3, 0.4) is 0 Å². The van der Waals surface area contributed by atoms with E-state index in [-0.39, 0.29) is 10.7 Å². The number of benzene rings is 1. The van der Waals surface area contributed by atoms with Crippen LogP contribution < -0.4 is 4.90 Å². The van der Waals surface area contributed by atoms with Crippen LogP contribution in [0.4, 0.5) is 5.69 Å². The van der Waals surface area contributed by atoms with Crippen LogP contribution in [-0.2, 0) is 4.79 Å². The predicted molar refractivity (Wildman–Crippen MR) is 81.3 cm³/mol. The second-order valence-corrected chi connectivity index (χ2v) is 8.11. The number of hydrogen-bond donors (Lipinski definition) is 0. The zero-order valence-electron chi connectivity index (χ0n) is 11.2. The lowest BCUT2D eigenvalue weighted by molar-refractivity contribution is -0.120. The first kappa shape index (κ1) is 13.9. The lowest BCUT2D eigenvalue weighted by Crippen LogP contribution is -2.47. The Hall–Kier alpha value is -0.480. The first-order valence-electron chi connectivity index (χ1n) is 6.12. The number of carbonyl (C=O) groups excluding carboxylic acids is 1. The first-order chi connectivity index (χ1) is 8.31. The Bertz CT molecular complexity index is 485. The molecule has 0 saturated heterocycles. The van der Waals surface area contributed by atoms with Crippen molar-refractivity contribution >= 4 is 39.3 Å². The van der Waals surface area contributed by atoms with Gasteiger partial charge in [0.2, 0.25) is 5.91 Å². The topological polar surface area (TPSA) is 20.3 Å². The van der Waals surface area contributed by atoms with E-state index in [9.17, 15) is 4.79 Å². The summed E-state index contributed by atoms with van der Waals surface area (Å²) in [6, 6.07) is 6.13. The van der Waals surface area contributed by atoms with Crippen molar-refractivity contribution in [1.82, 2.24) is 0 Å². The van der Waals surface area contributed by atoms with Crippen molar-refractivity contribution in [1.29, 1.82) is 0 Å². The summed E-state index contributed by atoms with van der Waals surface area (Å²) in [5, 5.41) is 0. The number of halogens is 1. The second kappa shape index (κ2) is 4.89. The Balaban J connectivity index is 2.48. The van der Waals surface area contributed by atoms with Gasteiger partial charge in [-0.05, 0) is 38.0 Å². The molecule has 1 aromatic carbocycles. The average molecular weight is 328 g/mol. The highest BCUT2D eigenvalue weighted by molar-refractivity contribution is 9.10. The summed E-state index contributed by atoms with van der Waals surface area (Å²) in [4.78, 5) is 15.6. The molecule has 2 nitrogen and oxygen atoms in total. The maximum absolute atomic E-state index is 12.5. The van der Waals surface area contributed by atoms with Crippen LogP contribution in [0.25, 0.3) is 0 Å². The van der Waals surface area contributed by atoms with Gasteiger partial charge in [-0.1, -0.05) is 29.8 Å². The molecule has 1 aliphatic rings. The number of amides is 1. The zero-order chi connectivity index (χ0) is 13.5. The molecule has 0 aliphatic carbocycles. The number of anilines is 1. The van der Waals surface area contributed by atoms with E-state index in [1.54, 1.807) is 11.8 Å². The van der Waals surface area contributed by atoms with Crippen LogP contribution in [0.2, 0.25) is 0 Å². The van der Waals surface area contributed by atoms with Gasteiger partial charge in [0.1, 0.15) is 0 Å². The summed E-state index contributed by atoms with van der Waals surface area (Å²) >= 11 is 5.14. The fourth-order valence-electron chi connectivity index (χ4n) is 2.09. The van der Waals surface area contributed by atoms with E-state index in [0.717, 1.165) is 16.7 Å². The van der Waals surface area contributed by atoms with Crippen LogP contribution in [0.5, 0.6) is 0 Å². The largest absolute Gasteiger partial charge is 0.310 e. The molecule has 1 aliphatic heterocycles. The molecule has 2 rings (SSSR count). The summed E-state index contributed by atoms with van der Waals surface area (Å²) in [6.07, 6.45) is 0. The molecule has 0 atom stereocenters. The standard InChI is InChI=1S/C14H18BrNOS/c1-9(2)8-16-11-6-5-10(15)7-12(11)18-14(3,4)13(16)17/h5-7,9H,8H2,1-4H3. The highest BCUT2D eigenvalue weighted by Gasteiger charge is 2.39. The molecule has 1 amide bonds. The smallest absolute Gasteiger partial charge is 0.243 e. The highest BCUT2D eigenvalue weighted by Crippen LogP contribution is 2.46. The minimum atomic E-state index is -0.386. The zero-order valence-corrected chi connectivity index (χ0v) is 13.6.